The lowest BCUT2D eigenvalue weighted by molar-refractivity contribution is -0.139. The first kappa shape index (κ1) is 32.0. The molecule has 0 radical (unpaired) electrons. The second kappa shape index (κ2) is 14.4. The summed E-state index contributed by atoms with van der Waals surface area (Å²) in [5.74, 6) is -0.293. The highest BCUT2D eigenvalue weighted by Gasteiger charge is 2.32. The SMILES string of the molecule is CCOc1ccc(N(CC(=O)N(Cc2cccc(Cl)c2)[C@@H](C)C(=O)N[C@@H](C)CC)S(=O)(=O)c2ccc(C)cc2)cc1. The smallest absolute Gasteiger partial charge is 0.264 e. The normalized spacial score (nSPS) is 12.7. The van der Waals surface area contributed by atoms with Crippen LogP contribution in [-0.2, 0) is 26.2 Å². The average Bonchev–Trinajstić information content (AvgIpc) is 2.95. The number of aryl methyl sites for hydroxylation is 1. The Morgan fingerprint density at radius 2 is 1.63 bits per heavy atom. The Balaban J connectivity index is 2.03. The van der Waals surface area contributed by atoms with Gasteiger partial charge in [0.25, 0.3) is 10.0 Å². The van der Waals surface area contributed by atoms with Crippen LogP contribution in [0.15, 0.2) is 77.7 Å². The van der Waals surface area contributed by atoms with E-state index >= 15 is 0 Å². The number of ether oxygens (including phenoxy) is 1. The van der Waals surface area contributed by atoms with E-state index in [0.717, 1.165) is 16.3 Å². The molecule has 8 nitrogen and oxygen atoms in total. The molecule has 2 atom stereocenters. The maximum Gasteiger partial charge on any atom is 0.264 e. The van der Waals surface area contributed by atoms with Crippen LogP contribution < -0.4 is 14.4 Å². The number of amides is 2. The van der Waals surface area contributed by atoms with E-state index in [2.05, 4.69) is 5.32 Å². The van der Waals surface area contributed by atoms with E-state index in [1.165, 1.54) is 17.0 Å². The number of carbonyl (C=O) groups excluding carboxylic acids is 2. The summed E-state index contributed by atoms with van der Waals surface area (Å²) in [5.41, 5.74) is 1.91. The molecule has 0 fully saturated rings. The molecule has 0 saturated carbocycles. The Bertz CT molecular complexity index is 1430. The zero-order valence-corrected chi connectivity index (χ0v) is 25.7. The van der Waals surface area contributed by atoms with Gasteiger partial charge < -0.3 is 15.0 Å². The van der Waals surface area contributed by atoms with Crippen molar-refractivity contribution in [3.63, 3.8) is 0 Å². The van der Waals surface area contributed by atoms with E-state index in [-0.39, 0.29) is 23.4 Å². The summed E-state index contributed by atoms with van der Waals surface area (Å²) < 4.78 is 34.5. The zero-order valence-electron chi connectivity index (χ0n) is 24.1. The third-order valence-electron chi connectivity index (χ3n) is 6.73. The molecule has 0 aliphatic carbocycles. The van der Waals surface area contributed by atoms with Gasteiger partial charge in [-0.2, -0.15) is 0 Å². The number of anilines is 1. The summed E-state index contributed by atoms with van der Waals surface area (Å²) in [4.78, 5) is 28.6. The first-order valence-electron chi connectivity index (χ1n) is 13.6. The van der Waals surface area contributed by atoms with Gasteiger partial charge in [-0.3, -0.25) is 13.9 Å². The van der Waals surface area contributed by atoms with Crippen LogP contribution in [0.2, 0.25) is 5.02 Å². The number of nitrogens with one attached hydrogen (secondary N) is 1. The monoisotopic (exact) mass is 599 g/mol. The topological polar surface area (TPSA) is 96.0 Å². The molecule has 1 N–H and O–H groups in total. The van der Waals surface area contributed by atoms with Crippen molar-refractivity contribution in [3.8, 4) is 5.75 Å². The second-order valence-corrected chi connectivity index (χ2v) is 12.2. The molecule has 220 valence electrons. The number of benzene rings is 3. The predicted molar refractivity (Wildman–Crippen MR) is 163 cm³/mol. The largest absolute Gasteiger partial charge is 0.494 e. The fraction of sp³-hybridized carbons (Fsp3) is 0.355. The van der Waals surface area contributed by atoms with Crippen LogP contribution in [-0.4, -0.2) is 50.4 Å². The zero-order chi connectivity index (χ0) is 30.2. The molecule has 0 unspecified atom stereocenters. The summed E-state index contributed by atoms with van der Waals surface area (Å²) in [6.45, 7) is 9.19. The molecule has 0 spiro atoms. The molecule has 0 aliphatic heterocycles. The van der Waals surface area contributed by atoms with Gasteiger partial charge in [0, 0.05) is 17.6 Å². The lowest BCUT2D eigenvalue weighted by Crippen LogP contribution is -2.52. The minimum absolute atomic E-state index is 0.0498. The van der Waals surface area contributed by atoms with Crippen LogP contribution in [0.25, 0.3) is 0 Å². The molecule has 2 amide bonds. The van der Waals surface area contributed by atoms with Gasteiger partial charge in [0.05, 0.1) is 17.2 Å². The van der Waals surface area contributed by atoms with Crippen molar-refractivity contribution in [2.75, 3.05) is 17.5 Å². The van der Waals surface area contributed by atoms with Gasteiger partial charge in [0.1, 0.15) is 18.3 Å². The molecule has 0 saturated heterocycles. The molecule has 3 rings (SSSR count). The third kappa shape index (κ3) is 8.47. The molecule has 3 aromatic carbocycles. The minimum Gasteiger partial charge on any atom is -0.494 e. The van der Waals surface area contributed by atoms with Crippen LogP contribution in [0.5, 0.6) is 5.75 Å². The Hall–Kier alpha value is -3.56. The summed E-state index contributed by atoms with van der Waals surface area (Å²) in [7, 11) is -4.15. The van der Waals surface area contributed by atoms with E-state index < -0.39 is 28.5 Å². The van der Waals surface area contributed by atoms with Crippen LogP contribution in [0.1, 0.15) is 45.2 Å². The molecule has 0 aliphatic rings. The van der Waals surface area contributed by atoms with Gasteiger partial charge in [-0.15, -0.1) is 0 Å². The van der Waals surface area contributed by atoms with Gasteiger partial charge >= 0.3 is 0 Å². The van der Waals surface area contributed by atoms with E-state index in [4.69, 9.17) is 16.3 Å². The number of halogens is 1. The predicted octanol–water partition coefficient (Wildman–Crippen LogP) is 5.57. The molecule has 3 aromatic rings. The van der Waals surface area contributed by atoms with E-state index in [1.54, 1.807) is 67.6 Å². The fourth-order valence-electron chi connectivity index (χ4n) is 4.12. The maximum atomic E-state index is 14.0. The molecule has 10 heteroatoms. The number of carbonyl (C=O) groups is 2. The van der Waals surface area contributed by atoms with Crippen LogP contribution in [0, 0.1) is 6.92 Å². The molecular weight excluding hydrogens is 562 g/mol. The molecule has 41 heavy (non-hydrogen) atoms. The van der Waals surface area contributed by atoms with Gasteiger partial charge in [-0.1, -0.05) is 48.4 Å². The van der Waals surface area contributed by atoms with Crippen molar-refractivity contribution in [2.24, 2.45) is 0 Å². The number of rotatable bonds is 13. The first-order chi connectivity index (χ1) is 19.5. The highest BCUT2D eigenvalue weighted by Crippen LogP contribution is 2.27. The van der Waals surface area contributed by atoms with Crippen molar-refractivity contribution in [1.82, 2.24) is 10.2 Å². The van der Waals surface area contributed by atoms with Gasteiger partial charge in [0.15, 0.2) is 0 Å². The number of sulfonamides is 1. The summed E-state index contributed by atoms with van der Waals surface area (Å²) in [5, 5.41) is 3.41. The summed E-state index contributed by atoms with van der Waals surface area (Å²) in [6, 6.07) is 19.0. The van der Waals surface area contributed by atoms with E-state index in [1.807, 2.05) is 27.7 Å². The lowest BCUT2D eigenvalue weighted by Gasteiger charge is -2.32. The fourth-order valence-corrected chi connectivity index (χ4v) is 5.75. The second-order valence-electron chi connectivity index (χ2n) is 9.90. The molecule has 0 aromatic heterocycles. The summed E-state index contributed by atoms with van der Waals surface area (Å²) >= 11 is 6.20. The average molecular weight is 600 g/mol. The quantitative estimate of drug-likeness (QED) is 0.277. The molecular formula is C31H38ClN3O5S. The van der Waals surface area contributed by atoms with Crippen LogP contribution in [0.3, 0.4) is 0 Å². The lowest BCUT2D eigenvalue weighted by atomic mass is 10.1. The third-order valence-corrected chi connectivity index (χ3v) is 8.76. The van der Waals surface area contributed by atoms with Crippen molar-refractivity contribution < 1.29 is 22.7 Å². The van der Waals surface area contributed by atoms with Gasteiger partial charge in [-0.25, -0.2) is 8.42 Å². The maximum absolute atomic E-state index is 14.0. The van der Waals surface area contributed by atoms with Crippen molar-refractivity contribution in [3.05, 3.63) is 88.9 Å². The number of nitrogens with zero attached hydrogens (tertiary/aromatic N) is 2. The van der Waals surface area contributed by atoms with Crippen molar-refractivity contribution in [2.45, 2.75) is 64.6 Å². The van der Waals surface area contributed by atoms with Crippen molar-refractivity contribution in [1.29, 1.82) is 0 Å². The van der Waals surface area contributed by atoms with Gasteiger partial charge in [0.2, 0.25) is 11.8 Å². The minimum atomic E-state index is -4.15. The highest BCUT2D eigenvalue weighted by atomic mass is 35.5. The highest BCUT2D eigenvalue weighted by molar-refractivity contribution is 7.92. The first-order valence-corrected chi connectivity index (χ1v) is 15.4. The Morgan fingerprint density at radius 1 is 0.976 bits per heavy atom. The van der Waals surface area contributed by atoms with Crippen LogP contribution >= 0.6 is 11.6 Å². The summed E-state index contributed by atoms with van der Waals surface area (Å²) in [6.07, 6.45) is 0.723. The van der Waals surface area contributed by atoms with Crippen molar-refractivity contribution >= 4 is 39.1 Å². The molecule has 0 bridgehead atoms. The molecule has 0 heterocycles. The van der Waals surface area contributed by atoms with Crippen LogP contribution in [0.4, 0.5) is 5.69 Å². The Kier molecular flexibility index (Phi) is 11.2. The standard InChI is InChI=1S/C31H38ClN3O5S/c1-6-23(4)33-31(37)24(5)34(20-25-9-8-10-26(32)19-25)30(36)21-35(27-13-15-28(16-14-27)40-7-2)41(38,39)29-17-11-22(3)12-18-29/h8-19,23-24H,6-7,20-21H2,1-5H3,(H,33,37)/t23-,24-/m0/s1. The Labute approximate surface area is 248 Å². The van der Waals surface area contributed by atoms with E-state index in [0.29, 0.717) is 28.6 Å². The van der Waals surface area contributed by atoms with E-state index in [9.17, 15) is 18.0 Å². The number of hydrogen-bond acceptors (Lipinski definition) is 5. The van der Waals surface area contributed by atoms with Gasteiger partial charge in [-0.05, 0) is 88.2 Å². The number of hydrogen-bond donors (Lipinski definition) is 1. The Morgan fingerprint density at radius 3 is 2.22 bits per heavy atom.